The number of ether oxygens (including phenoxy) is 1. The SMILES string of the molecule is O=C(O)CCC(=O)NCCOc1ccc(Cl)cc1. The summed E-state index contributed by atoms with van der Waals surface area (Å²) >= 11 is 5.71. The highest BCUT2D eigenvalue weighted by Gasteiger charge is 2.04. The second-order valence-corrected chi connectivity index (χ2v) is 3.98. The smallest absolute Gasteiger partial charge is 0.303 e. The molecule has 1 rings (SSSR count). The van der Waals surface area contributed by atoms with Crippen LogP contribution in [0.15, 0.2) is 24.3 Å². The Bertz CT molecular complexity index is 405. The Morgan fingerprint density at radius 2 is 1.89 bits per heavy atom. The van der Waals surface area contributed by atoms with Crippen molar-refractivity contribution >= 4 is 23.5 Å². The Hall–Kier alpha value is -1.75. The van der Waals surface area contributed by atoms with E-state index in [-0.39, 0.29) is 18.7 Å². The minimum Gasteiger partial charge on any atom is -0.492 e. The molecule has 0 bridgehead atoms. The third-order valence-electron chi connectivity index (χ3n) is 2.07. The summed E-state index contributed by atoms with van der Waals surface area (Å²) in [4.78, 5) is 21.4. The van der Waals surface area contributed by atoms with Crippen molar-refractivity contribution in [3.8, 4) is 5.75 Å². The Morgan fingerprint density at radius 3 is 2.50 bits per heavy atom. The van der Waals surface area contributed by atoms with E-state index < -0.39 is 5.97 Å². The fourth-order valence-electron chi connectivity index (χ4n) is 1.20. The molecule has 2 N–H and O–H groups in total. The lowest BCUT2D eigenvalue weighted by molar-refractivity contribution is -0.138. The normalized spacial score (nSPS) is 9.83. The molecule has 0 saturated heterocycles. The second-order valence-electron chi connectivity index (χ2n) is 3.55. The number of rotatable bonds is 7. The summed E-state index contributed by atoms with van der Waals surface area (Å²) in [6.07, 6.45) is -0.180. The molecule has 1 aromatic rings. The highest BCUT2D eigenvalue weighted by atomic mass is 35.5. The lowest BCUT2D eigenvalue weighted by Gasteiger charge is -2.07. The first-order valence-corrected chi connectivity index (χ1v) is 5.82. The van der Waals surface area contributed by atoms with Gasteiger partial charge in [0.05, 0.1) is 13.0 Å². The van der Waals surface area contributed by atoms with Gasteiger partial charge in [-0.15, -0.1) is 0 Å². The van der Waals surface area contributed by atoms with Gasteiger partial charge in [0.15, 0.2) is 0 Å². The van der Waals surface area contributed by atoms with E-state index in [1.807, 2.05) is 0 Å². The van der Waals surface area contributed by atoms with Crippen LogP contribution in [-0.2, 0) is 9.59 Å². The summed E-state index contributed by atoms with van der Waals surface area (Å²) in [5.74, 6) is -0.612. The molecule has 5 nitrogen and oxygen atoms in total. The number of benzene rings is 1. The van der Waals surface area contributed by atoms with Crippen molar-refractivity contribution in [3.05, 3.63) is 29.3 Å². The maximum Gasteiger partial charge on any atom is 0.303 e. The fourth-order valence-corrected chi connectivity index (χ4v) is 1.32. The molecular formula is C12H14ClNO4. The number of carbonyl (C=O) groups excluding carboxylic acids is 1. The second kappa shape index (κ2) is 7.55. The van der Waals surface area contributed by atoms with E-state index in [0.717, 1.165) is 0 Å². The van der Waals surface area contributed by atoms with Gasteiger partial charge in [-0.3, -0.25) is 9.59 Å². The zero-order chi connectivity index (χ0) is 13.4. The van der Waals surface area contributed by atoms with Crippen molar-refractivity contribution in [2.75, 3.05) is 13.2 Å². The van der Waals surface area contributed by atoms with E-state index >= 15 is 0 Å². The van der Waals surface area contributed by atoms with Gasteiger partial charge in [0.2, 0.25) is 5.91 Å². The minimum atomic E-state index is -0.984. The number of carboxylic acids is 1. The highest BCUT2D eigenvalue weighted by molar-refractivity contribution is 6.30. The summed E-state index contributed by atoms with van der Waals surface area (Å²) < 4.78 is 5.35. The van der Waals surface area contributed by atoms with Crippen molar-refractivity contribution in [2.45, 2.75) is 12.8 Å². The summed E-state index contributed by atoms with van der Waals surface area (Å²) in [6, 6.07) is 6.88. The molecule has 0 fully saturated rings. The van der Waals surface area contributed by atoms with Gasteiger partial charge in [0.25, 0.3) is 0 Å². The van der Waals surface area contributed by atoms with E-state index in [1.165, 1.54) is 0 Å². The van der Waals surface area contributed by atoms with Gasteiger partial charge in [-0.1, -0.05) is 11.6 Å². The minimum absolute atomic E-state index is 0.0176. The molecule has 0 atom stereocenters. The van der Waals surface area contributed by atoms with Crippen molar-refractivity contribution in [1.29, 1.82) is 0 Å². The number of aliphatic carboxylic acids is 1. The molecule has 1 amide bonds. The van der Waals surface area contributed by atoms with Crippen LogP contribution in [-0.4, -0.2) is 30.1 Å². The molecule has 1 aromatic carbocycles. The molecule has 0 saturated carbocycles. The van der Waals surface area contributed by atoms with Crippen molar-refractivity contribution in [2.24, 2.45) is 0 Å². The van der Waals surface area contributed by atoms with E-state index in [0.29, 0.717) is 23.9 Å². The summed E-state index contributed by atoms with van der Waals surface area (Å²) in [5.41, 5.74) is 0. The van der Waals surface area contributed by atoms with Gasteiger partial charge in [0.1, 0.15) is 12.4 Å². The predicted octanol–water partition coefficient (Wildman–Crippen LogP) is 1.70. The maximum absolute atomic E-state index is 11.2. The molecule has 0 aliphatic rings. The first-order chi connectivity index (χ1) is 8.58. The Labute approximate surface area is 110 Å². The van der Waals surface area contributed by atoms with Crippen molar-refractivity contribution in [1.82, 2.24) is 5.32 Å². The number of amides is 1. The molecule has 98 valence electrons. The molecule has 0 aliphatic carbocycles. The first-order valence-electron chi connectivity index (χ1n) is 5.45. The zero-order valence-electron chi connectivity index (χ0n) is 9.69. The lowest BCUT2D eigenvalue weighted by Crippen LogP contribution is -2.28. The highest BCUT2D eigenvalue weighted by Crippen LogP contribution is 2.14. The van der Waals surface area contributed by atoms with Crippen LogP contribution in [0.4, 0.5) is 0 Å². The van der Waals surface area contributed by atoms with E-state index in [4.69, 9.17) is 21.4 Å². The van der Waals surface area contributed by atoms with Crippen LogP contribution in [0.3, 0.4) is 0 Å². The van der Waals surface area contributed by atoms with Gasteiger partial charge in [-0.25, -0.2) is 0 Å². The third-order valence-corrected chi connectivity index (χ3v) is 2.32. The predicted molar refractivity (Wildman–Crippen MR) is 66.8 cm³/mol. The van der Waals surface area contributed by atoms with Crippen molar-refractivity contribution < 1.29 is 19.4 Å². The molecule has 0 aromatic heterocycles. The monoisotopic (exact) mass is 271 g/mol. The zero-order valence-corrected chi connectivity index (χ0v) is 10.4. The van der Waals surface area contributed by atoms with Crippen LogP contribution in [0.25, 0.3) is 0 Å². The average molecular weight is 272 g/mol. The summed E-state index contributed by atoms with van der Waals surface area (Å²) in [7, 11) is 0. The summed E-state index contributed by atoms with van der Waals surface area (Å²) in [6.45, 7) is 0.654. The van der Waals surface area contributed by atoms with Gasteiger partial charge in [0, 0.05) is 11.4 Å². The van der Waals surface area contributed by atoms with Crippen LogP contribution in [0.1, 0.15) is 12.8 Å². The molecule has 0 aliphatic heterocycles. The van der Waals surface area contributed by atoms with Crippen molar-refractivity contribution in [3.63, 3.8) is 0 Å². The molecule has 0 unspecified atom stereocenters. The maximum atomic E-state index is 11.2. The van der Waals surface area contributed by atoms with E-state index in [2.05, 4.69) is 5.32 Å². The largest absolute Gasteiger partial charge is 0.492 e. The molecule has 0 spiro atoms. The van der Waals surface area contributed by atoms with Gasteiger partial charge >= 0.3 is 5.97 Å². The fraction of sp³-hybridized carbons (Fsp3) is 0.333. The topological polar surface area (TPSA) is 75.6 Å². The quantitative estimate of drug-likeness (QED) is 0.740. The Balaban J connectivity index is 2.13. The van der Waals surface area contributed by atoms with Gasteiger partial charge in [-0.05, 0) is 24.3 Å². The van der Waals surface area contributed by atoms with Crippen LogP contribution in [0.2, 0.25) is 5.02 Å². The molecular weight excluding hydrogens is 258 g/mol. The Morgan fingerprint density at radius 1 is 1.22 bits per heavy atom. The van der Waals surface area contributed by atoms with E-state index in [9.17, 15) is 9.59 Å². The van der Waals surface area contributed by atoms with Crippen LogP contribution in [0, 0.1) is 0 Å². The lowest BCUT2D eigenvalue weighted by atomic mass is 10.3. The van der Waals surface area contributed by atoms with Crippen LogP contribution in [0.5, 0.6) is 5.75 Å². The average Bonchev–Trinajstić information content (AvgIpc) is 2.34. The summed E-state index contributed by atoms with van der Waals surface area (Å²) in [5, 5.41) is 11.6. The van der Waals surface area contributed by atoms with Crippen LogP contribution < -0.4 is 10.1 Å². The Kier molecular flexibility index (Phi) is 6.00. The first kappa shape index (κ1) is 14.3. The third kappa shape index (κ3) is 6.10. The number of halogens is 1. The molecule has 18 heavy (non-hydrogen) atoms. The van der Waals surface area contributed by atoms with Crippen LogP contribution >= 0.6 is 11.6 Å². The number of hydrogen-bond donors (Lipinski definition) is 2. The number of carboxylic acid groups (broad SMARTS) is 1. The van der Waals surface area contributed by atoms with E-state index in [1.54, 1.807) is 24.3 Å². The molecule has 0 radical (unpaired) electrons. The standard InChI is InChI=1S/C12H14ClNO4/c13-9-1-3-10(4-2-9)18-8-7-14-11(15)5-6-12(16)17/h1-4H,5-8H2,(H,14,15)(H,16,17). The molecule has 0 heterocycles. The van der Waals surface area contributed by atoms with Gasteiger partial charge < -0.3 is 15.2 Å². The molecule has 6 heteroatoms. The van der Waals surface area contributed by atoms with Gasteiger partial charge in [-0.2, -0.15) is 0 Å². The number of hydrogen-bond acceptors (Lipinski definition) is 3. The number of carbonyl (C=O) groups is 2. The number of nitrogens with one attached hydrogen (secondary N) is 1.